The van der Waals surface area contributed by atoms with Crippen molar-refractivity contribution in [3.8, 4) is 22.5 Å². The van der Waals surface area contributed by atoms with Crippen LogP contribution in [0.5, 0.6) is 0 Å². The van der Waals surface area contributed by atoms with Crippen molar-refractivity contribution in [3.05, 3.63) is 75.1 Å². The summed E-state index contributed by atoms with van der Waals surface area (Å²) in [5.41, 5.74) is 2.76. The lowest BCUT2D eigenvalue weighted by atomic mass is 10.0. The molecule has 27 heavy (non-hydrogen) atoms. The number of rotatable bonds is 4. The Hall–Kier alpha value is -3.54. The van der Waals surface area contributed by atoms with Gasteiger partial charge in [0.25, 0.3) is 11.4 Å². The Morgan fingerprint density at radius 3 is 1.67 bits per heavy atom. The van der Waals surface area contributed by atoms with Crippen molar-refractivity contribution in [1.82, 2.24) is 9.97 Å². The van der Waals surface area contributed by atoms with Crippen molar-refractivity contribution in [1.29, 1.82) is 0 Å². The molecule has 0 spiro atoms. The SMILES string of the molecule is O=S(F)F.O=[N+]([O-])c1ccc(-c2nc[nH]c2-c2ccc([N+](=O)[O-])cc2)cc1. The highest BCUT2D eigenvalue weighted by molar-refractivity contribution is 7.74. The Labute approximate surface area is 153 Å². The van der Waals surface area contributed by atoms with E-state index in [4.69, 9.17) is 4.21 Å². The standard InChI is InChI=1S/C15H10N4O4.F2OS/c20-18(21)12-5-1-10(2-6-12)14-15(17-9-16-14)11-3-7-13(8-4-11)19(22)23;1-4(2)3/h1-9H,(H,16,17);. The fraction of sp³-hybridized carbons (Fsp3) is 0. The zero-order valence-electron chi connectivity index (χ0n) is 13.2. The molecule has 0 saturated carbocycles. The number of aromatic amines is 1. The van der Waals surface area contributed by atoms with Crippen molar-refractivity contribution in [3.63, 3.8) is 0 Å². The molecule has 3 aromatic rings. The van der Waals surface area contributed by atoms with E-state index in [1.165, 1.54) is 30.6 Å². The number of imidazole rings is 1. The normalized spacial score (nSPS) is 10.2. The van der Waals surface area contributed by atoms with E-state index in [2.05, 4.69) is 9.97 Å². The van der Waals surface area contributed by atoms with Crippen LogP contribution in [0.4, 0.5) is 19.1 Å². The second kappa shape index (κ2) is 8.71. The van der Waals surface area contributed by atoms with E-state index >= 15 is 0 Å². The lowest BCUT2D eigenvalue weighted by molar-refractivity contribution is -0.385. The first-order valence-corrected chi connectivity index (χ1v) is 8.02. The number of nitrogens with one attached hydrogen (secondary N) is 1. The largest absolute Gasteiger partial charge is 0.385 e. The Kier molecular flexibility index (Phi) is 6.38. The molecular formula is C15H10F2N4O5S. The van der Waals surface area contributed by atoms with Gasteiger partial charge in [-0.25, -0.2) is 4.98 Å². The average Bonchev–Trinajstić information content (AvgIpc) is 3.11. The van der Waals surface area contributed by atoms with E-state index in [1.807, 2.05) is 0 Å². The van der Waals surface area contributed by atoms with Gasteiger partial charge in [-0.05, 0) is 24.3 Å². The molecule has 12 heteroatoms. The van der Waals surface area contributed by atoms with E-state index < -0.39 is 21.4 Å². The Morgan fingerprint density at radius 1 is 0.852 bits per heavy atom. The third-order valence-electron chi connectivity index (χ3n) is 3.36. The van der Waals surface area contributed by atoms with E-state index in [1.54, 1.807) is 24.3 Å². The summed E-state index contributed by atoms with van der Waals surface area (Å²) >= 11 is -3.61. The average molecular weight is 396 g/mol. The first-order chi connectivity index (χ1) is 12.8. The number of hydrogen-bond donors (Lipinski definition) is 1. The molecule has 0 aliphatic heterocycles. The van der Waals surface area contributed by atoms with Crippen LogP contribution in [0.1, 0.15) is 0 Å². The Bertz CT molecular complexity index is 901. The van der Waals surface area contributed by atoms with Crippen molar-refractivity contribution in [2.24, 2.45) is 0 Å². The van der Waals surface area contributed by atoms with Crippen LogP contribution in [-0.4, -0.2) is 24.0 Å². The van der Waals surface area contributed by atoms with Crippen LogP contribution in [0.15, 0.2) is 54.9 Å². The van der Waals surface area contributed by atoms with Gasteiger partial charge >= 0.3 is 11.6 Å². The van der Waals surface area contributed by atoms with Crippen LogP contribution in [0.25, 0.3) is 22.5 Å². The van der Waals surface area contributed by atoms with Crippen LogP contribution in [0.2, 0.25) is 0 Å². The van der Waals surface area contributed by atoms with Gasteiger partial charge in [0.15, 0.2) is 0 Å². The lowest BCUT2D eigenvalue weighted by Gasteiger charge is -2.03. The van der Waals surface area contributed by atoms with Crippen molar-refractivity contribution in [2.75, 3.05) is 0 Å². The van der Waals surface area contributed by atoms with Gasteiger partial charge in [-0.3, -0.25) is 20.2 Å². The molecule has 0 atom stereocenters. The zero-order valence-corrected chi connectivity index (χ0v) is 14.1. The fourth-order valence-corrected chi connectivity index (χ4v) is 2.22. The summed E-state index contributed by atoms with van der Waals surface area (Å²) in [6.45, 7) is 0. The highest BCUT2D eigenvalue weighted by atomic mass is 32.2. The van der Waals surface area contributed by atoms with Crippen LogP contribution in [0.3, 0.4) is 0 Å². The van der Waals surface area contributed by atoms with Gasteiger partial charge in [0.1, 0.15) is 0 Å². The number of H-pyrrole nitrogens is 1. The number of aromatic nitrogens is 2. The number of halogens is 2. The first-order valence-electron chi connectivity index (χ1n) is 7.07. The van der Waals surface area contributed by atoms with E-state index in [9.17, 15) is 28.0 Å². The van der Waals surface area contributed by atoms with Crippen LogP contribution >= 0.6 is 0 Å². The molecule has 3 rings (SSSR count). The summed E-state index contributed by atoms with van der Waals surface area (Å²) in [6, 6.07) is 12.1. The third-order valence-corrected chi connectivity index (χ3v) is 3.36. The van der Waals surface area contributed by atoms with Gasteiger partial charge in [0.05, 0.1) is 27.6 Å². The van der Waals surface area contributed by atoms with E-state index in [0.29, 0.717) is 17.0 Å². The van der Waals surface area contributed by atoms with Gasteiger partial charge in [-0.1, -0.05) is 7.77 Å². The summed E-state index contributed by atoms with van der Waals surface area (Å²) in [4.78, 5) is 27.7. The van der Waals surface area contributed by atoms with E-state index in [0.717, 1.165) is 5.56 Å². The Morgan fingerprint density at radius 2 is 1.26 bits per heavy atom. The second-order valence-corrected chi connectivity index (χ2v) is 5.29. The molecule has 9 nitrogen and oxygen atoms in total. The fourth-order valence-electron chi connectivity index (χ4n) is 2.22. The minimum Gasteiger partial charge on any atom is -0.344 e. The number of nitro groups is 2. The molecule has 0 radical (unpaired) electrons. The molecule has 0 bridgehead atoms. The molecule has 140 valence electrons. The molecule has 1 aromatic heterocycles. The number of benzene rings is 2. The summed E-state index contributed by atoms with van der Waals surface area (Å²) in [7, 11) is 0. The predicted molar refractivity (Wildman–Crippen MR) is 93.1 cm³/mol. The first kappa shape index (κ1) is 19.8. The summed E-state index contributed by atoms with van der Waals surface area (Å²) in [6.07, 6.45) is 1.51. The maximum Gasteiger partial charge on any atom is 0.385 e. The maximum absolute atomic E-state index is 10.7. The monoisotopic (exact) mass is 396 g/mol. The number of nitro benzene ring substituents is 2. The minimum absolute atomic E-state index is 0.00108. The second-order valence-electron chi connectivity index (χ2n) is 4.92. The summed E-state index contributed by atoms with van der Waals surface area (Å²) in [5, 5.41) is 21.4. The molecule has 0 unspecified atom stereocenters. The number of nitrogens with zero attached hydrogens (tertiary/aromatic N) is 3. The predicted octanol–water partition coefficient (Wildman–Crippen LogP) is 4.06. The van der Waals surface area contributed by atoms with Crippen LogP contribution in [0, 0.1) is 20.2 Å². The zero-order chi connectivity index (χ0) is 20.0. The molecule has 2 aromatic carbocycles. The highest BCUT2D eigenvalue weighted by Crippen LogP contribution is 2.30. The third kappa shape index (κ3) is 5.22. The lowest BCUT2D eigenvalue weighted by Crippen LogP contribution is -1.89. The van der Waals surface area contributed by atoms with Crippen molar-refractivity contribution < 1.29 is 21.8 Å². The molecule has 0 aliphatic carbocycles. The topological polar surface area (TPSA) is 132 Å². The molecule has 0 aliphatic rings. The van der Waals surface area contributed by atoms with Gasteiger partial charge in [0, 0.05) is 35.4 Å². The number of non-ortho nitro benzene ring substituents is 2. The molecule has 0 amide bonds. The molecule has 0 saturated heterocycles. The van der Waals surface area contributed by atoms with Gasteiger partial charge in [-0.2, -0.15) is 4.21 Å². The van der Waals surface area contributed by atoms with E-state index in [-0.39, 0.29) is 11.4 Å². The highest BCUT2D eigenvalue weighted by Gasteiger charge is 2.13. The molecular weight excluding hydrogens is 386 g/mol. The summed E-state index contributed by atoms with van der Waals surface area (Å²) < 4.78 is 27.8. The molecule has 0 fully saturated rings. The van der Waals surface area contributed by atoms with Crippen LogP contribution < -0.4 is 0 Å². The molecule has 1 heterocycles. The summed E-state index contributed by atoms with van der Waals surface area (Å²) in [5.74, 6) is 0. The maximum atomic E-state index is 10.7. The number of hydrogen-bond acceptors (Lipinski definition) is 6. The minimum atomic E-state index is -3.61. The Balaban J connectivity index is 0.000000596. The molecule has 1 N–H and O–H groups in total. The van der Waals surface area contributed by atoms with Crippen molar-refractivity contribution >= 4 is 22.9 Å². The van der Waals surface area contributed by atoms with Gasteiger partial charge in [-0.15, -0.1) is 0 Å². The van der Waals surface area contributed by atoms with Crippen molar-refractivity contribution in [2.45, 2.75) is 0 Å². The van der Waals surface area contributed by atoms with Gasteiger partial charge in [0.2, 0.25) is 0 Å². The van der Waals surface area contributed by atoms with Gasteiger partial charge < -0.3 is 4.98 Å². The van der Waals surface area contributed by atoms with Crippen LogP contribution in [-0.2, 0) is 11.6 Å². The quantitative estimate of drug-likeness (QED) is 0.402. The smallest absolute Gasteiger partial charge is 0.344 e.